The van der Waals surface area contributed by atoms with E-state index in [9.17, 15) is 0 Å². The second-order valence-corrected chi connectivity index (χ2v) is 4.29. The number of piperazine rings is 1. The second kappa shape index (κ2) is 5.63. The van der Waals surface area contributed by atoms with E-state index in [4.69, 9.17) is 10.9 Å². The van der Waals surface area contributed by atoms with Gasteiger partial charge in [-0.1, -0.05) is 5.16 Å². The van der Waals surface area contributed by atoms with E-state index in [1.54, 1.807) is 12.5 Å². The lowest BCUT2D eigenvalue weighted by atomic mass is 10.2. The summed E-state index contributed by atoms with van der Waals surface area (Å²) in [4.78, 5) is 12.5. The third-order valence-corrected chi connectivity index (χ3v) is 3.30. The van der Waals surface area contributed by atoms with Crippen LogP contribution in [0.2, 0.25) is 0 Å². The molecule has 2 rings (SSSR count). The Hall–Kier alpha value is -1.89. The lowest BCUT2D eigenvalue weighted by Gasteiger charge is -2.37. The van der Waals surface area contributed by atoms with Gasteiger partial charge in [0.05, 0.1) is 6.04 Å². The molecule has 0 amide bonds. The smallest absolute Gasteiger partial charge is 0.156 e. The first kappa shape index (κ1) is 12.6. The molecule has 18 heavy (non-hydrogen) atoms. The van der Waals surface area contributed by atoms with Crippen molar-refractivity contribution in [3.8, 4) is 0 Å². The van der Waals surface area contributed by atoms with Crippen LogP contribution in [0.3, 0.4) is 0 Å². The maximum Gasteiger partial charge on any atom is 0.156 e. The molecule has 1 fully saturated rings. The van der Waals surface area contributed by atoms with Crippen LogP contribution < -0.4 is 10.6 Å². The summed E-state index contributed by atoms with van der Waals surface area (Å²) in [6.45, 7) is 5.41. The van der Waals surface area contributed by atoms with Crippen molar-refractivity contribution in [3.63, 3.8) is 0 Å². The van der Waals surface area contributed by atoms with Gasteiger partial charge in [-0.25, -0.2) is 9.97 Å². The predicted molar refractivity (Wildman–Crippen MR) is 68.7 cm³/mol. The second-order valence-electron chi connectivity index (χ2n) is 4.29. The standard InChI is InChI=1S/C11H18N6O/c1-9(11(12)15-18)16-4-6-17(7-5-16)10-2-3-13-8-14-10/h2-3,8-9,18H,4-7H2,1H3,(H2,12,15). The number of aromatic nitrogens is 2. The van der Waals surface area contributed by atoms with Gasteiger partial charge in [-0.05, 0) is 13.0 Å². The number of nitrogens with zero attached hydrogens (tertiary/aromatic N) is 5. The molecular weight excluding hydrogens is 232 g/mol. The molecule has 98 valence electrons. The van der Waals surface area contributed by atoms with Crippen LogP contribution in [0.25, 0.3) is 0 Å². The average Bonchev–Trinajstić information content (AvgIpc) is 2.47. The minimum Gasteiger partial charge on any atom is -0.409 e. The summed E-state index contributed by atoms with van der Waals surface area (Å²) in [7, 11) is 0. The molecular formula is C11H18N6O. The van der Waals surface area contributed by atoms with Crippen LogP contribution in [0.5, 0.6) is 0 Å². The number of anilines is 1. The summed E-state index contributed by atoms with van der Waals surface area (Å²) < 4.78 is 0. The van der Waals surface area contributed by atoms with Gasteiger partial charge in [0.15, 0.2) is 5.84 Å². The van der Waals surface area contributed by atoms with Crippen molar-refractivity contribution in [2.75, 3.05) is 31.1 Å². The first-order chi connectivity index (χ1) is 8.72. The lowest BCUT2D eigenvalue weighted by molar-refractivity contribution is 0.230. The van der Waals surface area contributed by atoms with E-state index in [0.717, 1.165) is 32.0 Å². The molecule has 0 bridgehead atoms. The van der Waals surface area contributed by atoms with Crippen molar-refractivity contribution in [2.45, 2.75) is 13.0 Å². The molecule has 7 nitrogen and oxygen atoms in total. The predicted octanol–water partition coefficient (Wildman–Crippen LogP) is -0.266. The van der Waals surface area contributed by atoms with Gasteiger partial charge in [-0.2, -0.15) is 0 Å². The molecule has 1 saturated heterocycles. The van der Waals surface area contributed by atoms with Crippen molar-refractivity contribution in [2.24, 2.45) is 10.9 Å². The highest BCUT2D eigenvalue weighted by atomic mass is 16.4. The zero-order valence-electron chi connectivity index (χ0n) is 10.4. The van der Waals surface area contributed by atoms with E-state index in [-0.39, 0.29) is 11.9 Å². The Balaban J connectivity index is 1.92. The quantitative estimate of drug-likeness (QED) is 0.332. The number of hydrogen-bond donors (Lipinski definition) is 2. The van der Waals surface area contributed by atoms with Crippen LogP contribution in [0, 0.1) is 0 Å². The molecule has 0 aromatic carbocycles. The summed E-state index contributed by atoms with van der Waals surface area (Å²) in [6, 6.07) is 1.87. The van der Waals surface area contributed by atoms with Crippen LogP contribution in [0.4, 0.5) is 5.82 Å². The number of oxime groups is 1. The molecule has 0 radical (unpaired) electrons. The Morgan fingerprint density at radius 3 is 2.72 bits per heavy atom. The molecule has 1 atom stereocenters. The molecule has 1 aromatic rings. The minimum atomic E-state index is -0.0393. The van der Waals surface area contributed by atoms with Crippen molar-refractivity contribution >= 4 is 11.7 Å². The van der Waals surface area contributed by atoms with Gasteiger partial charge in [-0.3, -0.25) is 4.90 Å². The highest BCUT2D eigenvalue weighted by molar-refractivity contribution is 5.84. The fraction of sp³-hybridized carbons (Fsp3) is 0.545. The highest BCUT2D eigenvalue weighted by Gasteiger charge is 2.23. The van der Waals surface area contributed by atoms with Crippen molar-refractivity contribution < 1.29 is 5.21 Å². The van der Waals surface area contributed by atoms with Gasteiger partial charge in [0, 0.05) is 32.4 Å². The Morgan fingerprint density at radius 1 is 1.44 bits per heavy atom. The average molecular weight is 250 g/mol. The highest BCUT2D eigenvalue weighted by Crippen LogP contribution is 2.13. The number of amidine groups is 1. The molecule has 1 aliphatic rings. The zero-order valence-corrected chi connectivity index (χ0v) is 10.4. The molecule has 1 unspecified atom stereocenters. The molecule has 0 aliphatic carbocycles. The fourth-order valence-corrected chi connectivity index (χ4v) is 2.08. The SMILES string of the molecule is CC(C(N)=NO)N1CCN(c2ccncn2)CC1. The molecule has 0 spiro atoms. The van der Waals surface area contributed by atoms with Crippen LogP contribution in [-0.2, 0) is 0 Å². The van der Waals surface area contributed by atoms with Crippen LogP contribution >= 0.6 is 0 Å². The first-order valence-corrected chi connectivity index (χ1v) is 5.95. The lowest BCUT2D eigenvalue weighted by Crippen LogP contribution is -2.53. The Morgan fingerprint density at radius 2 is 2.17 bits per heavy atom. The summed E-state index contributed by atoms with van der Waals surface area (Å²) in [5.41, 5.74) is 5.62. The van der Waals surface area contributed by atoms with Gasteiger partial charge >= 0.3 is 0 Å². The van der Waals surface area contributed by atoms with Gasteiger partial charge in [0.1, 0.15) is 12.1 Å². The maximum absolute atomic E-state index is 8.67. The number of rotatable bonds is 3. The number of hydrogen-bond acceptors (Lipinski definition) is 6. The minimum absolute atomic E-state index is 0.0393. The van der Waals surface area contributed by atoms with E-state index in [2.05, 4.69) is 24.9 Å². The van der Waals surface area contributed by atoms with Crippen molar-refractivity contribution in [1.29, 1.82) is 0 Å². The van der Waals surface area contributed by atoms with Crippen LogP contribution in [-0.4, -0.2) is 58.1 Å². The largest absolute Gasteiger partial charge is 0.409 e. The Kier molecular flexibility index (Phi) is 3.93. The topological polar surface area (TPSA) is 90.9 Å². The molecule has 1 aliphatic heterocycles. The molecule has 7 heteroatoms. The third kappa shape index (κ3) is 2.67. The van der Waals surface area contributed by atoms with Gasteiger partial charge < -0.3 is 15.8 Å². The van der Waals surface area contributed by atoms with E-state index in [0.29, 0.717) is 0 Å². The summed E-state index contributed by atoms with van der Waals surface area (Å²) in [6.07, 6.45) is 3.30. The summed E-state index contributed by atoms with van der Waals surface area (Å²) >= 11 is 0. The number of nitrogens with two attached hydrogens (primary N) is 1. The zero-order chi connectivity index (χ0) is 13.0. The Labute approximate surface area is 106 Å². The molecule has 3 N–H and O–H groups in total. The Bertz CT molecular complexity index is 401. The molecule has 1 aromatic heterocycles. The summed E-state index contributed by atoms with van der Waals surface area (Å²) in [5, 5.41) is 11.7. The summed E-state index contributed by atoms with van der Waals surface area (Å²) in [5.74, 6) is 1.20. The molecule has 2 heterocycles. The monoisotopic (exact) mass is 250 g/mol. The van der Waals surface area contributed by atoms with Gasteiger partial charge in [-0.15, -0.1) is 0 Å². The van der Waals surface area contributed by atoms with Crippen LogP contribution in [0.15, 0.2) is 23.7 Å². The normalized spacial score (nSPS) is 19.8. The van der Waals surface area contributed by atoms with Gasteiger partial charge in [0.25, 0.3) is 0 Å². The molecule has 0 saturated carbocycles. The van der Waals surface area contributed by atoms with E-state index < -0.39 is 0 Å². The van der Waals surface area contributed by atoms with E-state index in [1.165, 1.54) is 0 Å². The maximum atomic E-state index is 8.67. The van der Waals surface area contributed by atoms with E-state index in [1.807, 2.05) is 13.0 Å². The van der Waals surface area contributed by atoms with E-state index >= 15 is 0 Å². The third-order valence-electron chi connectivity index (χ3n) is 3.30. The first-order valence-electron chi connectivity index (χ1n) is 5.95. The van der Waals surface area contributed by atoms with Crippen LogP contribution in [0.1, 0.15) is 6.92 Å². The van der Waals surface area contributed by atoms with Gasteiger partial charge in [0.2, 0.25) is 0 Å². The van der Waals surface area contributed by atoms with Crippen molar-refractivity contribution in [1.82, 2.24) is 14.9 Å². The fourth-order valence-electron chi connectivity index (χ4n) is 2.08. The van der Waals surface area contributed by atoms with Crippen molar-refractivity contribution in [3.05, 3.63) is 18.6 Å².